The van der Waals surface area contributed by atoms with Crippen molar-refractivity contribution in [1.82, 2.24) is 4.90 Å². The lowest BCUT2D eigenvalue weighted by Crippen LogP contribution is -2.46. The van der Waals surface area contributed by atoms with Crippen LogP contribution in [0.2, 0.25) is 0 Å². The van der Waals surface area contributed by atoms with Crippen LogP contribution in [0, 0.1) is 0 Å². The number of carbonyl (C=O) groups excluding carboxylic acids is 1. The molecule has 1 amide bonds. The summed E-state index contributed by atoms with van der Waals surface area (Å²) in [7, 11) is 0. The molecule has 3 heterocycles. The van der Waals surface area contributed by atoms with Crippen LogP contribution in [0.5, 0.6) is 0 Å². The molecule has 0 radical (unpaired) electrons. The number of hydrogen-bond acceptors (Lipinski definition) is 3. The summed E-state index contributed by atoms with van der Waals surface area (Å²) in [5, 5.41) is 5.19. The molecule has 1 N–H and O–H groups in total. The van der Waals surface area contributed by atoms with Gasteiger partial charge in [0, 0.05) is 17.1 Å². The number of piperidine rings is 1. The summed E-state index contributed by atoms with van der Waals surface area (Å²) in [6, 6.07) is 12.4. The van der Waals surface area contributed by atoms with Crippen LogP contribution in [-0.4, -0.2) is 23.9 Å². The van der Waals surface area contributed by atoms with Gasteiger partial charge < -0.3 is 5.32 Å². The Labute approximate surface area is 128 Å². The van der Waals surface area contributed by atoms with Crippen LogP contribution in [0.25, 0.3) is 0 Å². The summed E-state index contributed by atoms with van der Waals surface area (Å²) in [6.07, 6.45) is 1.84. The van der Waals surface area contributed by atoms with Gasteiger partial charge in [-0.15, -0.1) is 11.3 Å². The second-order valence-electron chi connectivity index (χ2n) is 5.94. The van der Waals surface area contributed by atoms with E-state index < -0.39 is 0 Å². The highest BCUT2D eigenvalue weighted by molar-refractivity contribution is 7.09. The van der Waals surface area contributed by atoms with Crippen LogP contribution in [0.4, 0.5) is 5.69 Å². The topological polar surface area (TPSA) is 32.3 Å². The van der Waals surface area contributed by atoms with Crippen molar-refractivity contribution in [3.63, 3.8) is 0 Å². The SMILES string of the molecule is O=C1Nc2ccccc2C12CCN(Cc1cccs1)CC2. The van der Waals surface area contributed by atoms with Gasteiger partial charge >= 0.3 is 0 Å². The van der Waals surface area contributed by atoms with Crippen molar-refractivity contribution in [1.29, 1.82) is 0 Å². The van der Waals surface area contributed by atoms with E-state index in [0.29, 0.717) is 0 Å². The highest BCUT2D eigenvalue weighted by Gasteiger charge is 2.48. The van der Waals surface area contributed by atoms with E-state index in [2.05, 4.69) is 33.8 Å². The zero-order valence-corrected chi connectivity index (χ0v) is 12.7. The zero-order chi connectivity index (χ0) is 14.3. The smallest absolute Gasteiger partial charge is 0.235 e. The first-order chi connectivity index (χ1) is 10.3. The van der Waals surface area contributed by atoms with E-state index in [4.69, 9.17) is 0 Å². The lowest BCUT2D eigenvalue weighted by atomic mass is 9.73. The highest BCUT2D eigenvalue weighted by Crippen LogP contribution is 2.44. The molecule has 2 aliphatic heterocycles. The first kappa shape index (κ1) is 13.0. The molecule has 4 rings (SSSR count). The highest BCUT2D eigenvalue weighted by atomic mass is 32.1. The lowest BCUT2D eigenvalue weighted by Gasteiger charge is -2.37. The fraction of sp³-hybridized carbons (Fsp3) is 0.353. The summed E-state index contributed by atoms with van der Waals surface area (Å²) >= 11 is 1.81. The van der Waals surface area contributed by atoms with Crippen LogP contribution >= 0.6 is 11.3 Å². The molecule has 1 fully saturated rings. The number of fused-ring (bicyclic) bond motifs is 2. The number of hydrogen-bond donors (Lipinski definition) is 1. The first-order valence-corrected chi connectivity index (χ1v) is 8.32. The summed E-state index contributed by atoms with van der Waals surface area (Å²) in [6.45, 7) is 2.98. The third-order valence-electron chi connectivity index (χ3n) is 4.79. The van der Waals surface area contributed by atoms with E-state index in [1.165, 1.54) is 10.4 Å². The standard InChI is InChI=1S/C17H18N2OS/c20-16-17(14-5-1-2-6-15(14)18-16)7-9-19(10-8-17)12-13-4-3-11-21-13/h1-6,11H,7-10,12H2,(H,18,20). The quantitative estimate of drug-likeness (QED) is 0.923. The number of thiophene rings is 1. The molecule has 0 atom stereocenters. The van der Waals surface area contributed by atoms with Gasteiger partial charge in [0.05, 0.1) is 5.41 Å². The van der Waals surface area contributed by atoms with Crippen LogP contribution < -0.4 is 5.32 Å². The third-order valence-corrected chi connectivity index (χ3v) is 5.66. The Morgan fingerprint density at radius 1 is 1.14 bits per heavy atom. The second kappa shape index (κ2) is 4.97. The molecular formula is C17H18N2OS. The molecule has 0 saturated carbocycles. The number of nitrogens with one attached hydrogen (secondary N) is 1. The largest absolute Gasteiger partial charge is 0.325 e. The Kier molecular flexibility index (Phi) is 3.08. The molecule has 1 spiro atoms. The molecule has 4 heteroatoms. The Morgan fingerprint density at radius 3 is 2.71 bits per heavy atom. The van der Waals surface area contributed by atoms with Crippen LogP contribution in [0.15, 0.2) is 41.8 Å². The van der Waals surface area contributed by atoms with Crippen molar-refractivity contribution in [2.45, 2.75) is 24.8 Å². The predicted molar refractivity (Wildman–Crippen MR) is 85.6 cm³/mol. The van der Waals surface area contributed by atoms with Gasteiger partial charge in [0.25, 0.3) is 0 Å². The van der Waals surface area contributed by atoms with E-state index in [9.17, 15) is 4.79 Å². The maximum Gasteiger partial charge on any atom is 0.235 e. The van der Waals surface area contributed by atoms with E-state index in [1.807, 2.05) is 29.5 Å². The van der Waals surface area contributed by atoms with Crippen molar-refractivity contribution >= 4 is 22.9 Å². The van der Waals surface area contributed by atoms with Gasteiger partial charge in [-0.25, -0.2) is 0 Å². The number of anilines is 1. The third kappa shape index (κ3) is 2.10. The van der Waals surface area contributed by atoms with E-state index in [0.717, 1.165) is 38.2 Å². The minimum atomic E-state index is -0.289. The monoisotopic (exact) mass is 298 g/mol. The van der Waals surface area contributed by atoms with Crippen molar-refractivity contribution in [3.8, 4) is 0 Å². The average molecular weight is 298 g/mol. The van der Waals surface area contributed by atoms with E-state index >= 15 is 0 Å². The van der Waals surface area contributed by atoms with Crippen LogP contribution in [-0.2, 0) is 16.8 Å². The van der Waals surface area contributed by atoms with E-state index in [1.54, 1.807) is 0 Å². The molecule has 0 unspecified atom stereocenters. The number of para-hydroxylation sites is 1. The molecule has 2 aromatic rings. The summed E-state index contributed by atoms with van der Waals surface area (Å²) in [4.78, 5) is 16.4. The molecule has 1 saturated heterocycles. The number of rotatable bonds is 2. The molecule has 1 aromatic carbocycles. The zero-order valence-electron chi connectivity index (χ0n) is 11.8. The molecule has 1 aromatic heterocycles. The Morgan fingerprint density at radius 2 is 1.95 bits per heavy atom. The Bertz CT molecular complexity index is 657. The molecule has 21 heavy (non-hydrogen) atoms. The van der Waals surface area contributed by atoms with Crippen molar-refractivity contribution in [2.75, 3.05) is 18.4 Å². The number of likely N-dealkylation sites (tertiary alicyclic amines) is 1. The average Bonchev–Trinajstić information content (AvgIpc) is 3.10. The van der Waals surface area contributed by atoms with Crippen LogP contribution in [0.3, 0.4) is 0 Å². The Balaban J connectivity index is 1.53. The number of carbonyl (C=O) groups is 1. The second-order valence-corrected chi connectivity index (χ2v) is 6.97. The Hall–Kier alpha value is -1.65. The van der Waals surface area contributed by atoms with Crippen LogP contribution in [0.1, 0.15) is 23.3 Å². The predicted octanol–water partition coefficient (Wildman–Crippen LogP) is 3.23. The molecular weight excluding hydrogens is 280 g/mol. The maximum absolute atomic E-state index is 12.5. The van der Waals surface area contributed by atoms with Gasteiger partial charge in [0.2, 0.25) is 5.91 Å². The fourth-order valence-electron chi connectivity index (χ4n) is 3.59. The molecule has 108 valence electrons. The summed E-state index contributed by atoms with van der Waals surface area (Å²) in [5.41, 5.74) is 1.92. The van der Waals surface area contributed by atoms with Crippen molar-refractivity contribution in [3.05, 3.63) is 52.2 Å². The van der Waals surface area contributed by atoms with Gasteiger partial charge in [-0.2, -0.15) is 0 Å². The van der Waals surface area contributed by atoms with Crippen molar-refractivity contribution < 1.29 is 4.79 Å². The van der Waals surface area contributed by atoms with Gasteiger partial charge in [-0.1, -0.05) is 24.3 Å². The van der Waals surface area contributed by atoms with Gasteiger partial charge in [0.1, 0.15) is 0 Å². The van der Waals surface area contributed by atoms with Gasteiger partial charge in [0.15, 0.2) is 0 Å². The molecule has 2 aliphatic rings. The molecule has 0 bridgehead atoms. The van der Waals surface area contributed by atoms with E-state index in [-0.39, 0.29) is 11.3 Å². The molecule has 0 aliphatic carbocycles. The van der Waals surface area contributed by atoms with Crippen molar-refractivity contribution in [2.24, 2.45) is 0 Å². The normalized spacial score (nSPS) is 20.5. The van der Waals surface area contributed by atoms with Gasteiger partial charge in [-0.3, -0.25) is 9.69 Å². The summed E-state index contributed by atoms with van der Waals surface area (Å²) < 4.78 is 0. The first-order valence-electron chi connectivity index (χ1n) is 7.44. The lowest BCUT2D eigenvalue weighted by molar-refractivity contribution is -0.122. The summed E-state index contributed by atoms with van der Waals surface area (Å²) in [5.74, 6) is 0.194. The molecule has 3 nitrogen and oxygen atoms in total. The minimum absolute atomic E-state index is 0.194. The van der Waals surface area contributed by atoms with Gasteiger partial charge in [-0.05, 0) is 49.0 Å². The maximum atomic E-state index is 12.5. The number of amides is 1. The number of benzene rings is 1. The minimum Gasteiger partial charge on any atom is -0.325 e. The number of nitrogens with zero attached hydrogens (tertiary/aromatic N) is 1. The fourth-order valence-corrected chi connectivity index (χ4v) is 4.33.